The Morgan fingerprint density at radius 3 is 2.44 bits per heavy atom. The lowest BCUT2D eigenvalue weighted by atomic mass is 10.2. The summed E-state index contributed by atoms with van der Waals surface area (Å²) in [4.78, 5) is 27.6. The summed E-state index contributed by atoms with van der Waals surface area (Å²) in [7, 11) is -2.36. The highest BCUT2D eigenvalue weighted by atomic mass is 32.2. The topological polar surface area (TPSA) is 122 Å². The van der Waals surface area contributed by atoms with Crippen LogP contribution in [0.1, 0.15) is 5.56 Å². The van der Waals surface area contributed by atoms with E-state index in [0.717, 1.165) is 5.56 Å². The van der Waals surface area contributed by atoms with Gasteiger partial charge in [-0.25, -0.2) is 8.42 Å². The van der Waals surface area contributed by atoms with E-state index in [4.69, 9.17) is 9.47 Å². The summed E-state index contributed by atoms with van der Waals surface area (Å²) in [5.41, 5.74) is -0.318. The minimum absolute atomic E-state index is 0.000873. The number of nitrogens with one attached hydrogen (secondary N) is 2. The molecule has 3 aromatic rings. The van der Waals surface area contributed by atoms with E-state index >= 15 is 0 Å². The van der Waals surface area contributed by atoms with Gasteiger partial charge in [-0.1, -0.05) is 6.07 Å². The molecule has 140 valence electrons. The molecule has 0 unspecified atom stereocenters. The van der Waals surface area contributed by atoms with Crippen LogP contribution >= 0.6 is 0 Å². The number of hydrogen-bond donors (Lipinski definition) is 2. The number of aromatic nitrogens is 2. The Balaban J connectivity index is 1.65. The maximum absolute atomic E-state index is 12.9. The van der Waals surface area contributed by atoms with Crippen LogP contribution in [0.15, 0.2) is 50.9 Å². The largest absolute Gasteiger partial charge is 0.454 e. The first-order valence-corrected chi connectivity index (χ1v) is 9.40. The van der Waals surface area contributed by atoms with E-state index < -0.39 is 21.1 Å². The summed E-state index contributed by atoms with van der Waals surface area (Å²) in [6.45, 7) is 0.267. The van der Waals surface area contributed by atoms with Crippen molar-refractivity contribution in [2.75, 3.05) is 13.8 Å². The second kappa shape index (κ2) is 6.25. The quantitative estimate of drug-likeness (QED) is 0.636. The third kappa shape index (κ3) is 3.09. The van der Waals surface area contributed by atoms with Gasteiger partial charge in [0.2, 0.25) is 16.8 Å². The van der Waals surface area contributed by atoms with E-state index in [9.17, 15) is 18.0 Å². The Kier molecular flexibility index (Phi) is 4.01. The predicted octanol–water partition coefficient (Wildman–Crippen LogP) is 0.766. The number of ether oxygens (including phenoxy) is 2. The van der Waals surface area contributed by atoms with Crippen molar-refractivity contribution >= 4 is 21.1 Å². The van der Waals surface area contributed by atoms with E-state index in [1.807, 2.05) is 0 Å². The second-order valence-corrected chi connectivity index (χ2v) is 8.11. The average molecular weight is 389 g/mol. The molecule has 0 bridgehead atoms. The lowest BCUT2D eigenvalue weighted by molar-refractivity contribution is 0.174. The van der Waals surface area contributed by atoms with Crippen molar-refractivity contribution in [1.29, 1.82) is 0 Å². The van der Waals surface area contributed by atoms with Crippen molar-refractivity contribution < 1.29 is 17.9 Å². The van der Waals surface area contributed by atoms with Gasteiger partial charge in [-0.3, -0.25) is 9.59 Å². The van der Waals surface area contributed by atoms with Crippen molar-refractivity contribution in [3.8, 4) is 11.5 Å². The SMILES string of the molecule is CN(Cc1ccc2c(c1)OCO2)S(=O)(=O)c1ccc2[nH]c(=O)c(=O)[nH]c2c1. The molecule has 10 heteroatoms. The lowest BCUT2D eigenvalue weighted by Crippen LogP contribution is -2.29. The molecular formula is C17H15N3O6S. The molecule has 0 fully saturated rings. The first-order valence-electron chi connectivity index (χ1n) is 7.96. The summed E-state index contributed by atoms with van der Waals surface area (Å²) in [6.07, 6.45) is 0. The third-order valence-electron chi connectivity index (χ3n) is 4.24. The van der Waals surface area contributed by atoms with Crippen LogP contribution in [-0.2, 0) is 16.6 Å². The second-order valence-electron chi connectivity index (χ2n) is 6.06. The maximum atomic E-state index is 12.9. The summed E-state index contributed by atoms with van der Waals surface area (Å²) in [6, 6.07) is 9.36. The number of benzene rings is 2. The number of fused-ring (bicyclic) bond motifs is 2. The molecule has 4 rings (SSSR count). The third-order valence-corrected chi connectivity index (χ3v) is 6.04. The maximum Gasteiger partial charge on any atom is 0.314 e. The molecule has 2 aromatic carbocycles. The Labute approximate surface area is 153 Å². The Morgan fingerprint density at radius 2 is 1.67 bits per heavy atom. The summed E-state index contributed by atoms with van der Waals surface area (Å²) >= 11 is 0. The number of aromatic amines is 2. The molecule has 0 spiro atoms. The van der Waals surface area contributed by atoms with Gasteiger partial charge in [0, 0.05) is 13.6 Å². The minimum Gasteiger partial charge on any atom is -0.454 e. The van der Waals surface area contributed by atoms with Gasteiger partial charge >= 0.3 is 11.1 Å². The lowest BCUT2D eigenvalue weighted by Gasteiger charge is -2.17. The zero-order valence-corrected chi connectivity index (χ0v) is 15.0. The van der Waals surface area contributed by atoms with Crippen molar-refractivity contribution in [3.63, 3.8) is 0 Å². The number of H-pyrrole nitrogens is 2. The first kappa shape index (κ1) is 17.3. The van der Waals surface area contributed by atoms with E-state index in [1.54, 1.807) is 18.2 Å². The molecule has 2 N–H and O–H groups in total. The van der Waals surface area contributed by atoms with Crippen LogP contribution in [0.5, 0.6) is 11.5 Å². The van der Waals surface area contributed by atoms with Gasteiger partial charge < -0.3 is 19.4 Å². The van der Waals surface area contributed by atoms with Gasteiger partial charge in [0.25, 0.3) is 0 Å². The van der Waals surface area contributed by atoms with Crippen LogP contribution in [0.4, 0.5) is 0 Å². The summed E-state index contributed by atoms with van der Waals surface area (Å²) in [5, 5.41) is 0. The molecule has 0 saturated carbocycles. The molecule has 0 amide bonds. The van der Waals surface area contributed by atoms with Crippen LogP contribution in [0.25, 0.3) is 11.0 Å². The van der Waals surface area contributed by atoms with E-state index in [2.05, 4.69) is 9.97 Å². The molecule has 0 saturated heterocycles. The fraction of sp³-hybridized carbons (Fsp3) is 0.176. The van der Waals surface area contributed by atoms with E-state index in [1.165, 1.54) is 29.6 Å². The molecule has 1 aliphatic rings. The van der Waals surface area contributed by atoms with Gasteiger partial charge in [0.15, 0.2) is 11.5 Å². The molecular weight excluding hydrogens is 374 g/mol. The molecule has 9 nitrogen and oxygen atoms in total. The molecule has 0 atom stereocenters. The smallest absolute Gasteiger partial charge is 0.314 e. The average Bonchev–Trinajstić information content (AvgIpc) is 3.10. The fourth-order valence-corrected chi connectivity index (χ4v) is 4.00. The number of sulfonamides is 1. The Hall–Kier alpha value is -3.11. The predicted molar refractivity (Wildman–Crippen MR) is 96.4 cm³/mol. The van der Waals surface area contributed by atoms with Crippen LogP contribution < -0.4 is 20.6 Å². The zero-order chi connectivity index (χ0) is 19.2. The number of hydrogen-bond acceptors (Lipinski definition) is 6. The van der Waals surface area contributed by atoms with E-state index in [-0.39, 0.29) is 23.7 Å². The van der Waals surface area contributed by atoms with Gasteiger partial charge in [0.05, 0.1) is 15.9 Å². The van der Waals surface area contributed by atoms with Crippen molar-refractivity contribution in [2.45, 2.75) is 11.4 Å². The minimum atomic E-state index is -3.82. The summed E-state index contributed by atoms with van der Waals surface area (Å²) in [5.74, 6) is 1.20. The molecule has 1 aliphatic heterocycles. The van der Waals surface area contributed by atoms with Crippen molar-refractivity contribution in [3.05, 3.63) is 62.7 Å². The monoisotopic (exact) mass is 389 g/mol. The first-order chi connectivity index (χ1) is 12.8. The standard InChI is InChI=1S/C17H15N3O6S/c1-20(8-10-2-5-14-15(6-10)26-9-25-14)27(23,24)11-3-4-12-13(7-11)19-17(22)16(21)18-12/h2-7H,8-9H2,1H3,(H,18,21)(H,19,22). The van der Waals surface area contributed by atoms with Crippen molar-refractivity contribution in [1.82, 2.24) is 14.3 Å². The molecule has 27 heavy (non-hydrogen) atoms. The molecule has 2 heterocycles. The van der Waals surface area contributed by atoms with Gasteiger partial charge in [-0.05, 0) is 35.9 Å². The van der Waals surface area contributed by atoms with E-state index in [0.29, 0.717) is 17.0 Å². The Bertz CT molecular complexity index is 1260. The zero-order valence-electron chi connectivity index (χ0n) is 14.2. The highest BCUT2D eigenvalue weighted by Gasteiger charge is 2.23. The highest BCUT2D eigenvalue weighted by molar-refractivity contribution is 7.89. The van der Waals surface area contributed by atoms with Crippen molar-refractivity contribution in [2.24, 2.45) is 0 Å². The van der Waals surface area contributed by atoms with Gasteiger partial charge in [-0.15, -0.1) is 0 Å². The van der Waals surface area contributed by atoms with Crippen LogP contribution in [0.2, 0.25) is 0 Å². The van der Waals surface area contributed by atoms with Crippen LogP contribution in [-0.4, -0.2) is 36.5 Å². The Morgan fingerprint density at radius 1 is 0.963 bits per heavy atom. The normalized spacial score (nSPS) is 13.4. The number of rotatable bonds is 4. The molecule has 1 aromatic heterocycles. The molecule has 0 radical (unpaired) electrons. The van der Waals surface area contributed by atoms with Crippen LogP contribution in [0.3, 0.4) is 0 Å². The van der Waals surface area contributed by atoms with Gasteiger partial charge in [0.1, 0.15) is 0 Å². The molecule has 0 aliphatic carbocycles. The number of nitrogens with zero attached hydrogens (tertiary/aromatic N) is 1. The van der Waals surface area contributed by atoms with Gasteiger partial charge in [-0.2, -0.15) is 4.31 Å². The van der Waals surface area contributed by atoms with Crippen LogP contribution in [0, 0.1) is 0 Å². The summed E-state index contributed by atoms with van der Waals surface area (Å²) < 4.78 is 37.5. The highest BCUT2D eigenvalue weighted by Crippen LogP contribution is 2.33. The fourth-order valence-electron chi connectivity index (χ4n) is 2.82.